The second-order valence-electron chi connectivity index (χ2n) is 4.18. The zero-order valence-corrected chi connectivity index (χ0v) is 9.03. The quantitative estimate of drug-likeness (QED) is 0.704. The van der Waals surface area contributed by atoms with Gasteiger partial charge in [-0.25, -0.2) is 0 Å². The molecule has 2 heteroatoms. The molecule has 0 spiro atoms. The van der Waals surface area contributed by atoms with Gasteiger partial charge in [0.2, 0.25) is 0 Å². The summed E-state index contributed by atoms with van der Waals surface area (Å²) in [6.45, 7) is 2.58. The van der Waals surface area contributed by atoms with Crippen molar-refractivity contribution in [2.75, 3.05) is 6.61 Å². The highest BCUT2D eigenvalue weighted by Crippen LogP contribution is 2.30. The molecule has 1 saturated carbocycles. The Kier molecular flexibility index (Phi) is 3.05. The van der Waals surface area contributed by atoms with Crippen LogP contribution >= 0.6 is 0 Å². The maximum Gasteiger partial charge on any atom is 0.308 e. The maximum absolute atomic E-state index is 11.2. The van der Waals surface area contributed by atoms with Crippen molar-refractivity contribution in [3.05, 3.63) is 35.4 Å². The van der Waals surface area contributed by atoms with Crippen LogP contribution in [0.5, 0.6) is 0 Å². The van der Waals surface area contributed by atoms with Crippen LogP contribution in [0.1, 0.15) is 24.0 Å². The predicted octanol–water partition coefficient (Wildman–Crippen LogP) is 2.49. The van der Waals surface area contributed by atoms with Crippen LogP contribution in [0, 0.1) is 12.8 Å². The van der Waals surface area contributed by atoms with E-state index in [-0.39, 0.29) is 11.9 Å². The summed E-state index contributed by atoms with van der Waals surface area (Å²) in [5, 5.41) is 0. The zero-order valence-electron chi connectivity index (χ0n) is 9.03. The van der Waals surface area contributed by atoms with Gasteiger partial charge in [-0.3, -0.25) is 4.79 Å². The van der Waals surface area contributed by atoms with E-state index in [2.05, 4.69) is 31.2 Å². The van der Waals surface area contributed by atoms with E-state index in [1.807, 2.05) is 0 Å². The van der Waals surface area contributed by atoms with Crippen LogP contribution in [0.3, 0.4) is 0 Å². The van der Waals surface area contributed by atoms with E-state index in [4.69, 9.17) is 4.74 Å². The third kappa shape index (κ3) is 3.08. The van der Waals surface area contributed by atoms with Gasteiger partial charge in [0.25, 0.3) is 0 Å². The highest BCUT2D eigenvalue weighted by atomic mass is 16.5. The van der Waals surface area contributed by atoms with Crippen molar-refractivity contribution >= 4 is 5.97 Å². The number of esters is 1. The van der Waals surface area contributed by atoms with Gasteiger partial charge in [-0.15, -0.1) is 0 Å². The lowest BCUT2D eigenvalue weighted by Crippen LogP contribution is -2.09. The summed E-state index contributed by atoms with van der Waals surface area (Å²) in [6.07, 6.45) is 2.85. The molecule has 0 unspecified atom stereocenters. The lowest BCUT2D eigenvalue weighted by Gasteiger charge is -2.04. The highest BCUT2D eigenvalue weighted by molar-refractivity contribution is 5.74. The van der Waals surface area contributed by atoms with Crippen molar-refractivity contribution in [2.24, 2.45) is 5.92 Å². The van der Waals surface area contributed by atoms with E-state index < -0.39 is 0 Å². The van der Waals surface area contributed by atoms with Crippen molar-refractivity contribution in [1.29, 1.82) is 0 Å². The smallest absolute Gasteiger partial charge is 0.308 e. The molecule has 0 heterocycles. The number of hydrogen-bond donors (Lipinski definition) is 0. The molecule has 15 heavy (non-hydrogen) atoms. The summed E-state index contributed by atoms with van der Waals surface area (Å²) < 4.78 is 5.16. The summed E-state index contributed by atoms with van der Waals surface area (Å²) in [6, 6.07) is 8.33. The fourth-order valence-electron chi connectivity index (χ4n) is 1.46. The van der Waals surface area contributed by atoms with Gasteiger partial charge in [0, 0.05) is 6.42 Å². The molecule has 0 saturated heterocycles. The third-order valence-electron chi connectivity index (χ3n) is 2.67. The third-order valence-corrected chi connectivity index (χ3v) is 2.67. The maximum atomic E-state index is 11.2. The normalized spacial score (nSPS) is 15.0. The van der Waals surface area contributed by atoms with E-state index in [1.165, 1.54) is 11.1 Å². The van der Waals surface area contributed by atoms with Crippen molar-refractivity contribution in [3.63, 3.8) is 0 Å². The van der Waals surface area contributed by atoms with E-state index in [1.54, 1.807) is 0 Å². The first-order valence-corrected chi connectivity index (χ1v) is 5.48. The van der Waals surface area contributed by atoms with Crippen LogP contribution in [0.15, 0.2) is 24.3 Å². The predicted molar refractivity (Wildman–Crippen MR) is 58.6 cm³/mol. The average Bonchev–Trinajstić information content (AvgIpc) is 3.04. The molecule has 2 rings (SSSR count). The van der Waals surface area contributed by atoms with Crippen LogP contribution in [-0.4, -0.2) is 12.6 Å². The van der Waals surface area contributed by atoms with Gasteiger partial charge in [-0.05, 0) is 25.3 Å². The first-order valence-electron chi connectivity index (χ1n) is 5.48. The molecule has 1 aliphatic rings. The molecule has 0 aromatic heterocycles. The number of ether oxygens (including phenoxy) is 1. The molecule has 1 aromatic rings. The molecule has 1 aromatic carbocycles. The Labute approximate surface area is 90.3 Å². The Morgan fingerprint density at radius 2 is 2.00 bits per heavy atom. The molecule has 0 radical (unpaired) electrons. The Morgan fingerprint density at radius 1 is 1.33 bits per heavy atom. The van der Waals surface area contributed by atoms with Gasteiger partial charge in [-0.2, -0.15) is 0 Å². The van der Waals surface area contributed by atoms with E-state index in [0.717, 1.165) is 19.3 Å². The second kappa shape index (κ2) is 4.47. The van der Waals surface area contributed by atoms with E-state index in [9.17, 15) is 4.79 Å². The molecule has 0 N–H and O–H groups in total. The van der Waals surface area contributed by atoms with Crippen molar-refractivity contribution < 1.29 is 9.53 Å². The fourth-order valence-corrected chi connectivity index (χ4v) is 1.46. The number of hydrogen-bond acceptors (Lipinski definition) is 2. The summed E-state index contributed by atoms with van der Waals surface area (Å²) in [4.78, 5) is 11.2. The number of carbonyl (C=O) groups excluding carboxylic acids is 1. The molecule has 0 aliphatic heterocycles. The van der Waals surface area contributed by atoms with E-state index >= 15 is 0 Å². The number of rotatable bonds is 4. The molecule has 1 fully saturated rings. The molecule has 0 atom stereocenters. The monoisotopic (exact) mass is 204 g/mol. The lowest BCUT2D eigenvalue weighted by atomic mass is 10.1. The fraction of sp³-hybridized carbons (Fsp3) is 0.462. The van der Waals surface area contributed by atoms with Gasteiger partial charge in [-0.1, -0.05) is 29.8 Å². The van der Waals surface area contributed by atoms with Crippen LogP contribution in [0.25, 0.3) is 0 Å². The van der Waals surface area contributed by atoms with Crippen molar-refractivity contribution in [3.8, 4) is 0 Å². The van der Waals surface area contributed by atoms with Gasteiger partial charge in [0.15, 0.2) is 0 Å². The number of carbonyl (C=O) groups is 1. The number of benzene rings is 1. The van der Waals surface area contributed by atoms with Gasteiger partial charge in [0.05, 0.1) is 12.5 Å². The average molecular weight is 204 g/mol. The van der Waals surface area contributed by atoms with Crippen LogP contribution in [-0.2, 0) is 16.0 Å². The molecule has 0 amide bonds. The number of aryl methyl sites for hydroxylation is 1. The first kappa shape index (κ1) is 10.2. The Bertz CT molecular complexity index is 336. The highest BCUT2D eigenvalue weighted by Gasteiger charge is 2.30. The van der Waals surface area contributed by atoms with Crippen molar-refractivity contribution in [2.45, 2.75) is 26.2 Å². The molecule has 0 bridgehead atoms. The minimum absolute atomic E-state index is 0.0119. The van der Waals surface area contributed by atoms with Crippen LogP contribution < -0.4 is 0 Å². The van der Waals surface area contributed by atoms with Crippen LogP contribution in [0.4, 0.5) is 0 Å². The molecular formula is C13H16O2. The van der Waals surface area contributed by atoms with Crippen molar-refractivity contribution in [1.82, 2.24) is 0 Å². The minimum atomic E-state index is -0.0119. The molecule has 1 aliphatic carbocycles. The summed E-state index contributed by atoms with van der Waals surface area (Å²) in [7, 11) is 0. The Hall–Kier alpha value is -1.31. The summed E-state index contributed by atoms with van der Waals surface area (Å²) in [5.41, 5.74) is 2.48. The first-order chi connectivity index (χ1) is 7.25. The second-order valence-corrected chi connectivity index (χ2v) is 4.18. The molecule has 80 valence electrons. The summed E-state index contributed by atoms with van der Waals surface area (Å²) >= 11 is 0. The summed E-state index contributed by atoms with van der Waals surface area (Å²) in [5.74, 6) is 0.199. The topological polar surface area (TPSA) is 26.3 Å². The molecule has 2 nitrogen and oxygen atoms in total. The van der Waals surface area contributed by atoms with Crippen LogP contribution in [0.2, 0.25) is 0 Å². The standard InChI is InChI=1S/C13H16O2/c1-10-2-4-11(5-3-10)8-9-15-13(14)12-6-7-12/h2-5,12H,6-9H2,1H3. The van der Waals surface area contributed by atoms with Gasteiger partial charge >= 0.3 is 5.97 Å². The Balaban J connectivity index is 1.73. The van der Waals surface area contributed by atoms with Gasteiger partial charge < -0.3 is 4.74 Å². The Morgan fingerprint density at radius 3 is 2.60 bits per heavy atom. The largest absolute Gasteiger partial charge is 0.465 e. The van der Waals surface area contributed by atoms with Gasteiger partial charge in [0.1, 0.15) is 0 Å². The minimum Gasteiger partial charge on any atom is -0.465 e. The lowest BCUT2D eigenvalue weighted by molar-refractivity contribution is -0.145. The van der Waals surface area contributed by atoms with E-state index in [0.29, 0.717) is 6.61 Å². The molecular weight excluding hydrogens is 188 g/mol. The zero-order chi connectivity index (χ0) is 10.7. The SMILES string of the molecule is Cc1ccc(CCOC(=O)C2CC2)cc1.